The maximum absolute atomic E-state index is 3.57. The van der Waals surface area contributed by atoms with Gasteiger partial charge in [0.1, 0.15) is 0 Å². The molecule has 106 valence electrons. The van der Waals surface area contributed by atoms with E-state index < -0.39 is 0 Å². The summed E-state index contributed by atoms with van der Waals surface area (Å²) in [6.45, 7) is 5.39. The summed E-state index contributed by atoms with van der Waals surface area (Å²) >= 11 is 1.99. The van der Waals surface area contributed by atoms with Gasteiger partial charge in [-0.2, -0.15) is 11.8 Å². The van der Waals surface area contributed by atoms with Crippen LogP contribution in [-0.4, -0.2) is 18.1 Å². The van der Waals surface area contributed by atoms with Gasteiger partial charge in [-0.3, -0.25) is 0 Å². The van der Waals surface area contributed by atoms with Crippen LogP contribution in [0.15, 0.2) is 54.6 Å². The third-order valence-electron chi connectivity index (χ3n) is 3.36. The summed E-state index contributed by atoms with van der Waals surface area (Å²) in [5.74, 6) is 2.30. The van der Waals surface area contributed by atoms with Crippen molar-refractivity contribution in [3.8, 4) is 11.1 Å². The maximum Gasteiger partial charge on any atom is 0.0411 e. The lowest BCUT2D eigenvalue weighted by atomic mass is 10.0. The van der Waals surface area contributed by atoms with Crippen LogP contribution in [0.2, 0.25) is 0 Å². The average molecular weight is 285 g/mol. The lowest BCUT2D eigenvalue weighted by molar-refractivity contribution is 0.606. The summed E-state index contributed by atoms with van der Waals surface area (Å²) in [7, 11) is 0. The Labute approximate surface area is 126 Å². The van der Waals surface area contributed by atoms with E-state index in [4.69, 9.17) is 0 Å². The van der Waals surface area contributed by atoms with Gasteiger partial charge >= 0.3 is 0 Å². The Morgan fingerprint density at radius 2 is 1.55 bits per heavy atom. The van der Waals surface area contributed by atoms with Gasteiger partial charge in [0.2, 0.25) is 0 Å². The number of hydrogen-bond acceptors (Lipinski definition) is 2. The molecule has 20 heavy (non-hydrogen) atoms. The van der Waals surface area contributed by atoms with Crippen molar-refractivity contribution >= 4 is 11.8 Å². The molecule has 0 saturated heterocycles. The van der Waals surface area contributed by atoms with Gasteiger partial charge < -0.3 is 5.32 Å². The maximum atomic E-state index is 3.57. The summed E-state index contributed by atoms with van der Waals surface area (Å²) < 4.78 is 0. The van der Waals surface area contributed by atoms with Gasteiger partial charge in [0.15, 0.2) is 0 Å². The van der Waals surface area contributed by atoms with Crippen molar-refractivity contribution in [1.82, 2.24) is 5.32 Å². The molecule has 0 aromatic heterocycles. The Hall–Kier alpha value is -1.25. The van der Waals surface area contributed by atoms with E-state index in [-0.39, 0.29) is 0 Å². The van der Waals surface area contributed by atoms with Crippen LogP contribution >= 0.6 is 11.8 Å². The SMILES string of the molecule is CCNC(CSCC)c1ccc(-c2ccccc2)cc1. The van der Waals surface area contributed by atoms with Crippen molar-refractivity contribution in [2.45, 2.75) is 19.9 Å². The van der Waals surface area contributed by atoms with Gasteiger partial charge in [-0.25, -0.2) is 0 Å². The smallest absolute Gasteiger partial charge is 0.0411 e. The third kappa shape index (κ3) is 4.12. The Balaban J connectivity index is 2.13. The highest BCUT2D eigenvalue weighted by atomic mass is 32.2. The fourth-order valence-electron chi connectivity index (χ4n) is 2.29. The van der Waals surface area contributed by atoms with Gasteiger partial charge in [0.25, 0.3) is 0 Å². The van der Waals surface area contributed by atoms with Crippen LogP contribution in [-0.2, 0) is 0 Å². The average Bonchev–Trinajstić information content (AvgIpc) is 2.52. The zero-order valence-electron chi connectivity index (χ0n) is 12.3. The molecule has 0 fully saturated rings. The van der Waals surface area contributed by atoms with Crippen LogP contribution in [0.1, 0.15) is 25.5 Å². The molecule has 2 heteroatoms. The van der Waals surface area contributed by atoms with E-state index in [0.29, 0.717) is 6.04 Å². The van der Waals surface area contributed by atoms with Gasteiger partial charge in [-0.1, -0.05) is 68.4 Å². The molecule has 0 aliphatic rings. The minimum absolute atomic E-state index is 0.453. The summed E-state index contributed by atoms with van der Waals surface area (Å²) in [5, 5.41) is 3.57. The van der Waals surface area contributed by atoms with Gasteiger partial charge in [0, 0.05) is 11.8 Å². The summed E-state index contributed by atoms with van der Waals surface area (Å²) in [5.41, 5.74) is 3.95. The Morgan fingerprint density at radius 1 is 0.900 bits per heavy atom. The lowest BCUT2D eigenvalue weighted by Gasteiger charge is -2.18. The molecule has 1 nitrogen and oxygen atoms in total. The molecule has 0 bridgehead atoms. The number of thioether (sulfide) groups is 1. The second kappa shape index (κ2) is 8.13. The molecule has 1 atom stereocenters. The summed E-state index contributed by atoms with van der Waals surface area (Å²) in [4.78, 5) is 0. The van der Waals surface area contributed by atoms with Crippen molar-refractivity contribution < 1.29 is 0 Å². The van der Waals surface area contributed by atoms with Gasteiger partial charge in [0.05, 0.1) is 0 Å². The molecule has 0 saturated carbocycles. The fraction of sp³-hybridized carbons (Fsp3) is 0.333. The second-order valence-electron chi connectivity index (χ2n) is 4.76. The highest BCUT2D eigenvalue weighted by molar-refractivity contribution is 7.99. The first kappa shape index (κ1) is 15.1. The molecule has 0 spiro atoms. The van der Waals surface area contributed by atoms with Gasteiger partial charge in [-0.05, 0) is 29.0 Å². The number of benzene rings is 2. The van der Waals surface area contributed by atoms with Crippen molar-refractivity contribution in [3.63, 3.8) is 0 Å². The molecule has 0 aliphatic heterocycles. The lowest BCUT2D eigenvalue weighted by Crippen LogP contribution is -2.23. The van der Waals surface area contributed by atoms with Crippen LogP contribution in [0.3, 0.4) is 0 Å². The zero-order chi connectivity index (χ0) is 14.2. The van der Waals surface area contributed by atoms with E-state index >= 15 is 0 Å². The molecule has 2 aromatic carbocycles. The van der Waals surface area contributed by atoms with Crippen molar-refractivity contribution in [1.29, 1.82) is 0 Å². The minimum atomic E-state index is 0.453. The van der Waals surface area contributed by atoms with Crippen LogP contribution in [0.4, 0.5) is 0 Å². The Morgan fingerprint density at radius 3 is 2.15 bits per heavy atom. The first-order chi connectivity index (χ1) is 9.85. The molecular formula is C18H23NS. The molecule has 2 aromatic rings. The molecule has 1 unspecified atom stereocenters. The normalized spacial score (nSPS) is 12.3. The Kier molecular flexibility index (Phi) is 6.16. The van der Waals surface area contributed by atoms with Crippen LogP contribution < -0.4 is 5.32 Å². The first-order valence-corrected chi connectivity index (χ1v) is 8.47. The first-order valence-electron chi connectivity index (χ1n) is 7.31. The molecule has 0 amide bonds. The predicted octanol–water partition coefficient (Wildman–Crippen LogP) is 4.76. The molecular weight excluding hydrogens is 262 g/mol. The highest BCUT2D eigenvalue weighted by Gasteiger charge is 2.09. The third-order valence-corrected chi connectivity index (χ3v) is 4.34. The predicted molar refractivity (Wildman–Crippen MR) is 91.3 cm³/mol. The largest absolute Gasteiger partial charge is 0.310 e. The van der Waals surface area contributed by atoms with E-state index in [0.717, 1.165) is 12.3 Å². The Bertz CT molecular complexity index is 493. The van der Waals surface area contributed by atoms with Gasteiger partial charge in [-0.15, -0.1) is 0 Å². The van der Waals surface area contributed by atoms with E-state index in [9.17, 15) is 0 Å². The monoisotopic (exact) mass is 285 g/mol. The number of nitrogens with one attached hydrogen (secondary N) is 1. The van der Waals surface area contributed by atoms with Crippen molar-refractivity contribution in [2.24, 2.45) is 0 Å². The molecule has 0 heterocycles. The van der Waals surface area contributed by atoms with Crippen molar-refractivity contribution in [2.75, 3.05) is 18.1 Å². The fourth-order valence-corrected chi connectivity index (χ4v) is 3.08. The topological polar surface area (TPSA) is 12.0 Å². The van der Waals surface area contributed by atoms with Crippen LogP contribution in [0.25, 0.3) is 11.1 Å². The van der Waals surface area contributed by atoms with Crippen LogP contribution in [0.5, 0.6) is 0 Å². The summed E-state index contributed by atoms with van der Waals surface area (Å²) in [6.07, 6.45) is 0. The van der Waals surface area contributed by atoms with E-state index in [1.165, 1.54) is 22.4 Å². The van der Waals surface area contributed by atoms with E-state index in [1.807, 2.05) is 11.8 Å². The second-order valence-corrected chi connectivity index (χ2v) is 6.08. The molecule has 0 aliphatic carbocycles. The molecule has 0 radical (unpaired) electrons. The molecule has 1 N–H and O–H groups in total. The minimum Gasteiger partial charge on any atom is -0.310 e. The van der Waals surface area contributed by atoms with Crippen molar-refractivity contribution in [3.05, 3.63) is 60.2 Å². The quantitative estimate of drug-likeness (QED) is 0.787. The van der Waals surface area contributed by atoms with E-state index in [1.54, 1.807) is 0 Å². The number of hydrogen-bond donors (Lipinski definition) is 1. The zero-order valence-corrected chi connectivity index (χ0v) is 13.1. The standard InChI is InChI=1S/C18H23NS/c1-3-19-18(14-20-4-2)17-12-10-16(11-13-17)15-8-6-5-7-9-15/h5-13,18-19H,3-4,14H2,1-2H3. The summed E-state index contributed by atoms with van der Waals surface area (Å²) in [6, 6.07) is 20.0. The number of rotatable bonds is 7. The van der Waals surface area contributed by atoms with Crippen LogP contribution in [0, 0.1) is 0 Å². The van der Waals surface area contributed by atoms with E-state index in [2.05, 4.69) is 73.8 Å². The molecule has 2 rings (SSSR count). The highest BCUT2D eigenvalue weighted by Crippen LogP contribution is 2.23.